The van der Waals surface area contributed by atoms with Gasteiger partial charge in [0.25, 0.3) is 5.91 Å². The number of cyclic esters (lactones) is 1. The second-order valence-corrected chi connectivity index (χ2v) is 11.8. The molecule has 2 fully saturated rings. The third kappa shape index (κ3) is 8.70. The smallest absolute Gasteiger partial charge is 0.308 e. The Kier molecular flexibility index (Phi) is 13.1. The van der Waals surface area contributed by atoms with Crippen LogP contribution in [-0.4, -0.2) is 120 Å². The molecule has 2 aliphatic heterocycles. The first-order valence-corrected chi connectivity index (χ1v) is 15.5. The average Bonchev–Trinajstić information content (AvgIpc) is 3.42. The minimum Gasteiger partial charge on any atom is -0.452 e. The molecule has 0 saturated carbocycles. The SMILES string of the molecule is C=CCC1OC(=O)CCNC(=O)[C@H](C)N(C)C(=O)[C@H](C(C)C)N(C)C(=O)[C@H](CCSC)NC(=O)[C@@H]2CCCN2C1=O. The highest BCUT2D eigenvalue weighted by molar-refractivity contribution is 7.98. The highest BCUT2D eigenvalue weighted by Crippen LogP contribution is 2.22. The summed E-state index contributed by atoms with van der Waals surface area (Å²) < 4.78 is 5.45. The summed E-state index contributed by atoms with van der Waals surface area (Å²) in [6.45, 7) is 9.07. The summed E-state index contributed by atoms with van der Waals surface area (Å²) in [4.78, 5) is 83.7. The number of hydrogen-bond donors (Lipinski definition) is 2. The number of esters is 1. The van der Waals surface area contributed by atoms with Gasteiger partial charge in [0.05, 0.1) is 6.42 Å². The summed E-state index contributed by atoms with van der Waals surface area (Å²) in [5.41, 5.74) is 0. The first kappa shape index (κ1) is 34.1. The number of carbonyl (C=O) groups excluding carboxylic acids is 6. The number of nitrogens with zero attached hydrogens (tertiary/aromatic N) is 3. The molecule has 5 amide bonds. The highest BCUT2D eigenvalue weighted by atomic mass is 32.2. The van der Waals surface area contributed by atoms with Crippen molar-refractivity contribution in [2.45, 2.75) is 83.1 Å². The van der Waals surface area contributed by atoms with E-state index in [4.69, 9.17) is 4.74 Å². The molecule has 0 radical (unpaired) electrons. The van der Waals surface area contributed by atoms with E-state index in [1.54, 1.807) is 6.92 Å². The van der Waals surface area contributed by atoms with Crippen LogP contribution in [0.4, 0.5) is 0 Å². The molecule has 13 heteroatoms. The molecule has 0 spiro atoms. The van der Waals surface area contributed by atoms with Crippen molar-refractivity contribution in [3.63, 3.8) is 0 Å². The number of ether oxygens (including phenoxy) is 1. The van der Waals surface area contributed by atoms with E-state index in [9.17, 15) is 28.8 Å². The van der Waals surface area contributed by atoms with Crippen molar-refractivity contribution in [3.8, 4) is 0 Å². The summed E-state index contributed by atoms with van der Waals surface area (Å²) >= 11 is 1.52. The van der Waals surface area contributed by atoms with Gasteiger partial charge < -0.3 is 30.1 Å². The molecule has 5 atom stereocenters. The normalized spacial score (nSPS) is 28.0. The van der Waals surface area contributed by atoms with Crippen LogP contribution in [0, 0.1) is 5.92 Å². The van der Waals surface area contributed by atoms with Gasteiger partial charge in [0.2, 0.25) is 23.6 Å². The lowest BCUT2D eigenvalue weighted by molar-refractivity contribution is -0.161. The Balaban J connectivity index is 2.49. The maximum Gasteiger partial charge on any atom is 0.308 e. The van der Waals surface area contributed by atoms with Crippen molar-refractivity contribution in [1.29, 1.82) is 0 Å². The number of carbonyl (C=O) groups is 6. The van der Waals surface area contributed by atoms with E-state index in [0.29, 0.717) is 31.6 Å². The molecule has 2 aliphatic rings. The second-order valence-electron chi connectivity index (χ2n) is 10.8. The predicted molar refractivity (Wildman–Crippen MR) is 156 cm³/mol. The Morgan fingerprint density at radius 2 is 1.73 bits per heavy atom. The monoisotopic (exact) mass is 595 g/mol. The van der Waals surface area contributed by atoms with Gasteiger partial charge in [-0.3, -0.25) is 28.8 Å². The fraction of sp³-hybridized carbons (Fsp3) is 0.714. The van der Waals surface area contributed by atoms with Crippen molar-refractivity contribution in [2.24, 2.45) is 5.92 Å². The van der Waals surface area contributed by atoms with Crippen molar-refractivity contribution < 1.29 is 33.5 Å². The van der Waals surface area contributed by atoms with Crippen LogP contribution < -0.4 is 10.6 Å². The van der Waals surface area contributed by atoms with Crippen LogP contribution in [0.3, 0.4) is 0 Å². The van der Waals surface area contributed by atoms with Gasteiger partial charge in [-0.1, -0.05) is 19.9 Å². The Labute approximate surface area is 246 Å². The fourth-order valence-electron chi connectivity index (χ4n) is 5.11. The molecule has 230 valence electrons. The van der Waals surface area contributed by atoms with E-state index >= 15 is 0 Å². The van der Waals surface area contributed by atoms with E-state index in [1.165, 1.54) is 46.6 Å². The summed E-state index contributed by atoms with van der Waals surface area (Å²) in [5, 5.41) is 5.48. The van der Waals surface area contributed by atoms with Crippen LogP contribution in [0.25, 0.3) is 0 Å². The van der Waals surface area contributed by atoms with Gasteiger partial charge in [-0.05, 0) is 44.1 Å². The van der Waals surface area contributed by atoms with Crippen molar-refractivity contribution in [2.75, 3.05) is 39.2 Å². The zero-order valence-electron chi connectivity index (χ0n) is 25.0. The first-order valence-electron chi connectivity index (χ1n) is 14.1. The standard InChI is InChI=1S/C28H45N5O7S/c1-8-10-21-27(38)33-15-9-11-20(33)25(36)30-19(13-16-41-7)26(37)32(6)23(17(2)3)28(39)31(5)18(4)24(35)29-14-12-22(34)40-21/h8,17-21,23H,1,9-16H2,2-7H3,(H,29,35)(H,30,36)/t18-,19-,20-,21?,23-/m0/s1. The third-order valence-electron chi connectivity index (χ3n) is 7.58. The molecule has 2 heterocycles. The molecule has 0 bridgehead atoms. The number of fused-ring (bicyclic) bond motifs is 1. The average molecular weight is 596 g/mol. The van der Waals surface area contributed by atoms with Crippen LogP contribution in [0.2, 0.25) is 0 Å². The summed E-state index contributed by atoms with van der Waals surface area (Å²) in [5.74, 6) is -2.73. The number of rotatable bonds is 6. The molecule has 2 saturated heterocycles. The van der Waals surface area contributed by atoms with Crippen molar-refractivity contribution in [3.05, 3.63) is 12.7 Å². The van der Waals surface area contributed by atoms with Gasteiger partial charge in [0.1, 0.15) is 24.2 Å². The molecule has 0 aromatic carbocycles. The van der Waals surface area contributed by atoms with Crippen LogP contribution in [-0.2, 0) is 33.5 Å². The highest BCUT2D eigenvalue weighted by Gasteiger charge is 2.41. The van der Waals surface area contributed by atoms with Gasteiger partial charge in [-0.2, -0.15) is 11.8 Å². The number of nitrogens with one attached hydrogen (secondary N) is 2. The zero-order chi connectivity index (χ0) is 30.9. The summed E-state index contributed by atoms with van der Waals surface area (Å²) in [6.07, 6.45) is 3.34. The van der Waals surface area contributed by atoms with Crippen molar-refractivity contribution >= 4 is 47.3 Å². The lowest BCUT2D eigenvalue weighted by Crippen LogP contribution is -2.59. The molecule has 2 N–H and O–H groups in total. The molecule has 2 rings (SSSR count). The maximum absolute atomic E-state index is 13.8. The topological polar surface area (TPSA) is 145 Å². The predicted octanol–water partition coefficient (Wildman–Crippen LogP) is 0.553. The number of likely N-dealkylation sites (N-methyl/N-ethyl adjacent to an activating group) is 2. The van der Waals surface area contributed by atoms with Gasteiger partial charge >= 0.3 is 5.97 Å². The van der Waals surface area contributed by atoms with E-state index in [-0.39, 0.29) is 25.3 Å². The fourth-order valence-corrected chi connectivity index (χ4v) is 5.58. The zero-order valence-corrected chi connectivity index (χ0v) is 25.8. The molecule has 41 heavy (non-hydrogen) atoms. The Morgan fingerprint density at radius 1 is 1.05 bits per heavy atom. The van der Waals surface area contributed by atoms with Crippen molar-refractivity contribution in [1.82, 2.24) is 25.3 Å². The minimum absolute atomic E-state index is 0.0575. The largest absolute Gasteiger partial charge is 0.452 e. The molecule has 0 aromatic rings. The molecule has 12 nitrogen and oxygen atoms in total. The molecule has 1 unspecified atom stereocenters. The van der Waals surface area contributed by atoms with Crippen LogP contribution in [0.1, 0.15) is 52.9 Å². The summed E-state index contributed by atoms with van der Waals surface area (Å²) in [7, 11) is 3.02. The van der Waals surface area contributed by atoms with E-state index in [1.807, 2.05) is 20.1 Å². The van der Waals surface area contributed by atoms with Crippen LogP contribution >= 0.6 is 11.8 Å². The Hall–Kier alpha value is -3.09. The lowest BCUT2D eigenvalue weighted by Gasteiger charge is -2.37. The molecular formula is C28H45N5O7S. The minimum atomic E-state index is -1.17. The number of thioether (sulfide) groups is 1. The van der Waals surface area contributed by atoms with Crippen LogP contribution in [0.5, 0.6) is 0 Å². The summed E-state index contributed by atoms with van der Waals surface area (Å²) in [6, 6.07) is -3.54. The molecular weight excluding hydrogens is 550 g/mol. The molecule has 0 aliphatic carbocycles. The Bertz CT molecular complexity index is 1010. The lowest BCUT2D eigenvalue weighted by atomic mass is 9.99. The third-order valence-corrected chi connectivity index (χ3v) is 8.22. The van der Waals surface area contributed by atoms with E-state index in [2.05, 4.69) is 17.2 Å². The number of amides is 5. The van der Waals surface area contributed by atoms with Gasteiger partial charge in [-0.15, -0.1) is 6.58 Å². The second kappa shape index (κ2) is 15.8. The first-order chi connectivity index (χ1) is 19.3. The van der Waals surface area contributed by atoms with E-state index < -0.39 is 65.8 Å². The maximum atomic E-state index is 13.8. The quantitative estimate of drug-likeness (QED) is 0.335. The van der Waals surface area contributed by atoms with E-state index in [0.717, 1.165) is 0 Å². The molecule has 0 aromatic heterocycles. The number of hydrogen-bond acceptors (Lipinski definition) is 8. The van der Waals surface area contributed by atoms with Gasteiger partial charge in [0, 0.05) is 33.6 Å². The van der Waals surface area contributed by atoms with Crippen LogP contribution in [0.15, 0.2) is 12.7 Å². The Morgan fingerprint density at radius 3 is 2.34 bits per heavy atom. The van der Waals surface area contributed by atoms with Gasteiger partial charge in [-0.25, -0.2) is 0 Å². The van der Waals surface area contributed by atoms with Gasteiger partial charge in [0.15, 0.2) is 6.10 Å².